The topological polar surface area (TPSA) is 56.7 Å². The third-order valence-corrected chi connectivity index (χ3v) is 2.40. The number of anilines is 1. The molecule has 0 aliphatic heterocycles. The first-order valence-corrected chi connectivity index (χ1v) is 4.88. The van der Waals surface area contributed by atoms with Gasteiger partial charge in [-0.05, 0) is 25.1 Å². The van der Waals surface area contributed by atoms with E-state index in [2.05, 4.69) is 10.1 Å². The molecule has 0 aliphatic carbocycles. The molecule has 0 fully saturated rings. The van der Waals surface area contributed by atoms with E-state index in [4.69, 9.17) is 17.3 Å². The Morgan fingerprint density at radius 3 is 2.53 bits per heavy atom. The minimum atomic E-state index is 0.404. The molecule has 0 amide bonds. The highest BCUT2D eigenvalue weighted by molar-refractivity contribution is 6.31. The van der Waals surface area contributed by atoms with Gasteiger partial charge in [-0.2, -0.15) is 5.10 Å². The van der Waals surface area contributed by atoms with Crippen LogP contribution in [0.3, 0.4) is 0 Å². The number of aryl methyl sites for hydroxylation is 2. The highest BCUT2D eigenvalue weighted by atomic mass is 35.5. The SMILES string of the molecule is Cc1cc(-c2cc(Cl)cc(N)n2)nn1C. The van der Waals surface area contributed by atoms with Crippen molar-refractivity contribution < 1.29 is 0 Å². The Morgan fingerprint density at radius 2 is 2.00 bits per heavy atom. The van der Waals surface area contributed by atoms with Crippen molar-refractivity contribution in [3.8, 4) is 11.4 Å². The normalized spacial score (nSPS) is 10.6. The molecule has 15 heavy (non-hydrogen) atoms. The number of nitrogens with zero attached hydrogens (tertiary/aromatic N) is 3. The molecule has 0 radical (unpaired) electrons. The summed E-state index contributed by atoms with van der Waals surface area (Å²) in [6.45, 7) is 1.98. The van der Waals surface area contributed by atoms with Gasteiger partial charge in [0.05, 0.1) is 5.69 Å². The Kier molecular flexibility index (Phi) is 2.36. The van der Waals surface area contributed by atoms with Crippen molar-refractivity contribution in [2.45, 2.75) is 6.92 Å². The van der Waals surface area contributed by atoms with E-state index in [1.807, 2.05) is 20.0 Å². The molecule has 0 aliphatic rings. The molecule has 0 atom stereocenters. The number of hydrogen-bond acceptors (Lipinski definition) is 3. The third-order valence-electron chi connectivity index (χ3n) is 2.19. The van der Waals surface area contributed by atoms with Gasteiger partial charge in [0.15, 0.2) is 0 Å². The van der Waals surface area contributed by atoms with E-state index in [0.29, 0.717) is 16.5 Å². The summed E-state index contributed by atoms with van der Waals surface area (Å²) < 4.78 is 1.79. The van der Waals surface area contributed by atoms with Crippen molar-refractivity contribution in [2.75, 3.05) is 5.73 Å². The van der Waals surface area contributed by atoms with Gasteiger partial charge in [0.1, 0.15) is 11.5 Å². The summed E-state index contributed by atoms with van der Waals surface area (Å²) in [4.78, 5) is 4.18. The number of halogens is 1. The summed E-state index contributed by atoms with van der Waals surface area (Å²) in [7, 11) is 1.88. The van der Waals surface area contributed by atoms with Gasteiger partial charge in [-0.1, -0.05) is 11.6 Å². The molecule has 2 aromatic rings. The minimum Gasteiger partial charge on any atom is -0.384 e. The van der Waals surface area contributed by atoms with Crippen molar-refractivity contribution in [3.05, 3.63) is 28.9 Å². The van der Waals surface area contributed by atoms with Gasteiger partial charge >= 0.3 is 0 Å². The second-order valence-electron chi connectivity index (χ2n) is 3.39. The molecule has 0 saturated carbocycles. The number of nitrogens with two attached hydrogens (primary N) is 1. The predicted molar refractivity (Wildman–Crippen MR) is 60.6 cm³/mol. The summed E-state index contributed by atoms with van der Waals surface area (Å²) in [5, 5.41) is 4.87. The smallest absolute Gasteiger partial charge is 0.125 e. The highest BCUT2D eigenvalue weighted by Gasteiger charge is 2.07. The fourth-order valence-corrected chi connectivity index (χ4v) is 1.55. The van der Waals surface area contributed by atoms with Crippen LogP contribution in [0.1, 0.15) is 5.69 Å². The molecule has 0 saturated heterocycles. The molecular weight excluding hydrogens is 212 g/mol. The fraction of sp³-hybridized carbons (Fsp3) is 0.200. The Hall–Kier alpha value is -1.55. The Balaban J connectivity index is 2.53. The van der Waals surface area contributed by atoms with Crippen LogP contribution in [0.4, 0.5) is 5.82 Å². The van der Waals surface area contributed by atoms with Gasteiger partial charge in [-0.25, -0.2) is 4.98 Å². The monoisotopic (exact) mass is 222 g/mol. The van der Waals surface area contributed by atoms with Crippen LogP contribution in [0.2, 0.25) is 5.02 Å². The first-order chi connectivity index (χ1) is 7.06. The summed E-state index contributed by atoms with van der Waals surface area (Å²) in [6, 6.07) is 5.30. The lowest BCUT2D eigenvalue weighted by Crippen LogP contribution is -1.95. The van der Waals surface area contributed by atoms with Crippen LogP contribution in [-0.2, 0) is 7.05 Å². The maximum absolute atomic E-state index is 5.89. The van der Waals surface area contributed by atoms with Gasteiger partial charge in [-0.15, -0.1) is 0 Å². The number of hydrogen-bond donors (Lipinski definition) is 1. The first kappa shape index (κ1) is 9.98. The van der Waals surface area contributed by atoms with E-state index in [-0.39, 0.29) is 0 Å². The Labute approximate surface area is 92.7 Å². The van der Waals surface area contributed by atoms with E-state index in [9.17, 15) is 0 Å². The van der Waals surface area contributed by atoms with Crippen molar-refractivity contribution in [3.63, 3.8) is 0 Å². The summed E-state index contributed by atoms with van der Waals surface area (Å²) >= 11 is 5.89. The Bertz CT molecular complexity index is 464. The molecule has 78 valence electrons. The van der Waals surface area contributed by atoms with Gasteiger partial charge in [0.2, 0.25) is 0 Å². The fourth-order valence-electron chi connectivity index (χ4n) is 1.33. The molecule has 2 N–H and O–H groups in total. The molecule has 0 spiro atoms. The summed E-state index contributed by atoms with van der Waals surface area (Å²) in [6.07, 6.45) is 0. The highest BCUT2D eigenvalue weighted by Crippen LogP contribution is 2.21. The largest absolute Gasteiger partial charge is 0.384 e. The van der Waals surface area contributed by atoms with Gasteiger partial charge in [-0.3, -0.25) is 4.68 Å². The van der Waals surface area contributed by atoms with E-state index in [1.165, 1.54) is 0 Å². The van der Waals surface area contributed by atoms with E-state index in [1.54, 1.807) is 16.8 Å². The van der Waals surface area contributed by atoms with Crippen LogP contribution in [0, 0.1) is 6.92 Å². The average molecular weight is 223 g/mol. The average Bonchev–Trinajstić information content (AvgIpc) is 2.45. The molecule has 5 heteroatoms. The molecule has 0 bridgehead atoms. The zero-order chi connectivity index (χ0) is 11.0. The van der Waals surface area contributed by atoms with Crippen LogP contribution in [0.15, 0.2) is 18.2 Å². The lowest BCUT2D eigenvalue weighted by atomic mass is 10.2. The number of aromatic nitrogens is 3. The summed E-state index contributed by atoms with van der Waals surface area (Å²) in [5.41, 5.74) is 8.15. The van der Waals surface area contributed by atoms with Crippen LogP contribution in [-0.4, -0.2) is 14.8 Å². The van der Waals surface area contributed by atoms with E-state index in [0.717, 1.165) is 11.4 Å². The van der Waals surface area contributed by atoms with Crippen LogP contribution < -0.4 is 5.73 Å². The molecule has 0 unspecified atom stereocenters. The second kappa shape index (κ2) is 3.55. The Morgan fingerprint density at radius 1 is 1.27 bits per heavy atom. The van der Waals surface area contributed by atoms with Crippen molar-refractivity contribution in [2.24, 2.45) is 7.05 Å². The third kappa shape index (κ3) is 1.94. The van der Waals surface area contributed by atoms with Crippen LogP contribution >= 0.6 is 11.6 Å². The van der Waals surface area contributed by atoms with Gasteiger partial charge < -0.3 is 5.73 Å². The molecule has 4 nitrogen and oxygen atoms in total. The van der Waals surface area contributed by atoms with Crippen molar-refractivity contribution in [1.29, 1.82) is 0 Å². The maximum Gasteiger partial charge on any atom is 0.125 e. The zero-order valence-corrected chi connectivity index (χ0v) is 9.28. The zero-order valence-electron chi connectivity index (χ0n) is 8.53. The lowest BCUT2D eigenvalue weighted by Gasteiger charge is -1.99. The van der Waals surface area contributed by atoms with Crippen LogP contribution in [0.5, 0.6) is 0 Å². The second-order valence-corrected chi connectivity index (χ2v) is 3.83. The quantitative estimate of drug-likeness (QED) is 0.803. The van der Waals surface area contributed by atoms with Gasteiger partial charge in [0, 0.05) is 17.8 Å². The molecule has 2 aromatic heterocycles. The van der Waals surface area contributed by atoms with E-state index < -0.39 is 0 Å². The number of nitrogen functional groups attached to an aromatic ring is 1. The summed E-state index contributed by atoms with van der Waals surface area (Å²) in [5.74, 6) is 0.404. The molecule has 2 rings (SSSR count). The molecular formula is C10H11ClN4. The van der Waals surface area contributed by atoms with Gasteiger partial charge in [0.25, 0.3) is 0 Å². The minimum absolute atomic E-state index is 0.404. The number of rotatable bonds is 1. The van der Waals surface area contributed by atoms with Crippen molar-refractivity contribution >= 4 is 17.4 Å². The first-order valence-electron chi connectivity index (χ1n) is 4.50. The van der Waals surface area contributed by atoms with Crippen LogP contribution in [0.25, 0.3) is 11.4 Å². The molecule has 2 heterocycles. The maximum atomic E-state index is 5.89. The lowest BCUT2D eigenvalue weighted by molar-refractivity contribution is 0.742. The predicted octanol–water partition coefficient (Wildman–Crippen LogP) is 2.03. The molecule has 0 aromatic carbocycles. The van der Waals surface area contributed by atoms with Crippen molar-refractivity contribution in [1.82, 2.24) is 14.8 Å². The van der Waals surface area contributed by atoms with E-state index >= 15 is 0 Å². The number of pyridine rings is 1. The standard InChI is InChI=1S/C10H11ClN4/c1-6-3-9(14-15(6)2)8-4-7(11)5-10(12)13-8/h3-5H,1-2H3,(H2,12,13).